The van der Waals surface area contributed by atoms with Crippen LogP contribution in [0, 0.1) is 0 Å². The molecule has 160 valence electrons. The monoisotopic (exact) mass is 427 g/mol. The molecule has 0 radical (unpaired) electrons. The highest BCUT2D eigenvalue weighted by molar-refractivity contribution is 6.30. The third-order valence-electron chi connectivity index (χ3n) is 6.05. The van der Waals surface area contributed by atoms with E-state index in [2.05, 4.69) is 15.1 Å². The van der Waals surface area contributed by atoms with Gasteiger partial charge in [-0.25, -0.2) is 0 Å². The highest BCUT2D eigenvalue weighted by Crippen LogP contribution is 2.29. The molecular weight excluding hydrogens is 398 g/mol. The first-order valence-electron chi connectivity index (χ1n) is 10.9. The molecule has 6 heteroatoms. The first-order valence-corrected chi connectivity index (χ1v) is 11.3. The van der Waals surface area contributed by atoms with Gasteiger partial charge in [0.05, 0.1) is 0 Å². The molecule has 2 aliphatic rings. The van der Waals surface area contributed by atoms with Gasteiger partial charge in [-0.1, -0.05) is 17.7 Å². The predicted octanol–water partition coefficient (Wildman–Crippen LogP) is 4.17. The Hall–Kier alpha value is -2.08. The second-order valence-electron chi connectivity index (χ2n) is 8.42. The van der Waals surface area contributed by atoms with E-state index >= 15 is 0 Å². The van der Waals surface area contributed by atoms with E-state index in [9.17, 15) is 9.90 Å². The SMILES string of the molecule is O=C(NCc1cc(CN2CCCC2)c(O)c(CN2CCCC2)c1)c1cccc(Cl)c1. The zero-order valence-corrected chi connectivity index (χ0v) is 18.1. The summed E-state index contributed by atoms with van der Waals surface area (Å²) in [4.78, 5) is 17.3. The number of aromatic hydroxyl groups is 1. The molecule has 0 aliphatic carbocycles. The van der Waals surface area contributed by atoms with Crippen molar-refractivity contribution in [1.29, 1.82) is 0 Å². The Balaban J connectivity index is 1.51. The number of nitrogens with zero attached hydrogens (tertiary/aromatic N) is 2. The van der Waals surface area contributed by atoms with Crippen LogP contribution in [0.3, 0.4) is 0 Å². The number of carbonyl (C=O) groups excluding carboxylic acids is 1. The van der Waals surface area contributed by atoms with Gasteiger partial charge in [-0.15, -0.1) is 0 Å². The molecular formula is C24H30ClN3O2. The molecule has 0 saturated carbocycles. The topological polar surface area (TPSA) is 55.8 Å². The van der Waals surface area contributed by atoms with E-state index in [0.717, 1.165) is 56.0 Å². The van der Waals surface area contributed by atoms with E-state index in [1.165, 1.54) is 25.7 Å². The van der Waals surface area contributed by atoms with Crippen LogP contribution in [0.4, 0.5) is 0 Å². The number of hydrogen-bond acceptors (Lipinski definition) is 4. The minimum atomic E-state index is -0.146. The predicted molar refractivity (Wildman–Crippen MR) is 120 cm³/mol. The molecule has 0 unspecified atom stereocenters. The van der Waals surface area contributed by atoms with Gasteiger partial charge in [0, 0.05) is 41.3 Å². The summed E-state index contributed by atoms with van der Waals surface area (Å²) in [7, 11) is 0. The van der Waals surface area contributed by atoms with Crippen LogP contribution in [0.15, 0.2) is 36.4 Å². The fourth-order valence-electron chi connectivity index (χ4n) is 4.45. The van der Waals surface area contributed by atoms with Crippen molar-refractivity contribution < 1.29 is 9.90 Å². The lowest BCUT2D eigenvalue weighted by molar-refractivity contribution is 0.0951. The third-order valence-corrected chi connectivity index (χ3v) is 6.29. The number of rotatable bonds is 7. The number of likely N-dealkylation sites (tertiary alicyclic amines) is 2. The highest BCUT2D eigenvalue weighted by atomic mass is 35.5. The molecule has 2 aliphatic heterocycles. The summed E-state index contributed by atoms with van der Waals surface area (Å²) in [5, 5.41) is 14.5. The fraction of sp³-hybridized carbons (Fsp3) is 0.458. The van der Waals surface area contributed by atoms with Crippen molar-refractivity contribution >= 4 is 17.5 Å². The van der Waals surface area contributed by atoms with Crippen molar-refractivity contribution in [3.63, 3.8) is 0 Å². The molecule has 0 spiro atoms. The maximum absolute atomic E-state index is 12.5. The van der Waals surface area contributed by atoms with Crippen LogP contribution in [0.5, 0.6) is 5.75 Å². The van der Waals surface area contributed by atoms with Crippen LogP contribution >= 0.6 is 11.6 Å². The highest BCUT2D eigenvalue weighted by Gasteiger charge is 2.19. The van der Waals surface area contributed by atoms with Crippen LogP contribution in [-0.4, -0.2) is 47.0 Å². The Morgan fingerprint density at radius 2 is 1.50 bits per heavy atom. The Kier molecular flexibility index (Phi) is 6.93. The molecule has 0 bridgehead atoms. The maximum atomic E-state index is 12.5. The fourth-order valence-corrected chi connectivity index (χ4v) is 4.64. The number of halogens is 1. The molecule has 1 amide bonds. The number of benzene rings is 2. The molecule has 0 aromatic heterocycles. The molecule has 5 nitrogen and oxygen atoms in total. The minimum absolute atomic E-state index is 0.146. The minimum Gasteiger partial charge on any atom is -0.507 e. The lowest BCUT2D eigenvalue weighted by Gasteiger charge is -2.21. The second kappa shape index (κ2) is 9.82. The molecule has 30 heavy (non-hydrogen) atoms. The lowest BCUT2D eigenvalue weighted by Crippen LogP contribution is -2.24. The van der Waals surface area contributed by atoms with Crippen molar-refractivity contribution in [2.75, 3.05) is 26.2 Å². The number of amides is 1. The zero-order chi connectivity index (χ0) is 20.9. The molecule has 2 saturated heterocycles. The van der Waals surface area contributed by atoms with Crippen molar-refractivity contribution in [2.45, 2.75) is 45.3 Å². The smallest absolute Gasteiger partial charge is 0.251 e. The van der Waals surface area contributed by atoms with Crippen molar-refractivity contribution in [3.05, 3.63) is 63.7 Å². The second-order valence-corrected chi connectivity index (χ2v) is 8.86. The van der Waals surface area contributed by atoms with Gasteiger partial charge in [0.2, 0.25) is 0 Å². The van der Waals surface area contributed by atoms with Crippen LogP contribution < -0.4 is 5.32 Å². The van der Waals surface area contributed by atoms with Gasteiger partial charge in [0.25, 0.3) is 5.91 Å². The summed E-state index contributed by atoms with van der Waals surface area (Å²) < 4.78 is 0. The van der Waals surface area contributed by atoms with Gasteiger partial charge >= 0.3 is 0 Å². The number of hydrogen-bond donors (Lipinski definition) is 2. The summed E-state index contributed by atoms with van der Waals surface area (Å²) in [6.07, 6.45) is 4.88. The van der Waals surface area contributed by atoms with Crippen molar-refractivity contribution in [2.24, 2.45) is 0 Å². The Morgan fingerprint density at radius 1 is 0.933 bits per heavy atom. The molecule has 4 rings (SSSR count). The third kappa shape index (κ3) is 5.34. The van der Waals surface area contributed by atoms with Crippen molar-refractivity contribution in [1.82, 2.24) is 15.1 Å². The molecule has 2 N–H and O–H groups in total. The first kappa shape index (κ1) is 21.2. The Morgan fingerprint density at radius 3 is 2.03 bits per heavy atom. The first-order chi connectivity index (χ1) is 14.6. The lowest BCUT2D eigenvalue weighted by atomic mass is 10.0. The van der Waals surface area contributed by atoms with Gasteiger partial charge in [0.1, 0.15) is 5.75 Å². The van der Waals surface area contributed by atoms with Crippen molar-refractivity contribution in [3.8, 4) is 5.75 Å². The molecule has 2 aromatic rings. The quantitative estimate of drug-likeness (QED) is 0.696. The van der Waals surface area contributed by atoms with E-state index in [1.54, 1.807) is 24.3 Å². The summed E-state index contributed by atoms with van der Waals surface area (Å²) >= 11 is 6.01. The van der Waals surface area contributed by atoms with Gasteiger partial charge in [-0.3, -0.25) is 14.6 Å². The van der Waals surface area contributed by atoms with Crippen LogP contribution in [0.1, 0.15) is 52.7 Å². The average molecular weight is 428 g/mol. The average Bonchev–Trinajstić information content (AvgIpc) is 3.43. The van der Waals surface area contributed by atoms with E-state index in [4.69, 9.17) is 11.6 Å². The van der Waals surface area contributed by atoms with Gasteiger partial charge in [-0.2, -0.15) is 0 Å². The van der Waals surface area contributed by atoms with E-state index in [0.29, 0.717) is 22.9 Å². The van der Waals surface area contributed by atoms with E-state index in [1.807, 2.05) is 12.1 Å². The molecule has 2 fully saturated rings. The van der Waals surface area contributed by atoms with E-state index < -0.39 is 0 Å². The van der Waals surface area contributed by atoms with Gasteiger partial charge in [-0.05, 0) is 87.8 Å². The summed E-state index contributed by atoms with van der Waals surface area (Å²) in [5.41, 5.74) is 3.49. The molecule has 0 atom stereocenters. The van der Waals surface area contributed by atoms with Crippen LogP contribution in [-0.2, 0) is 19.6 Å². The van der Waals surface area contributed by atoms with E-state index in [-0.39, 0.29) is 5.91 Å². The summed E-state index contributed by atoms with van der Waals surface area (Å²) in [6.45, 7) is 6.26. The zero-order valence-electron chi connectivity index (χ0n) is 17.4. The standard InChI is InChI=1S/C24H30ClN3O2/c25-22-7-5-6-19(14-22)24(30)26-15-18-12-20(16-27-8-1-2-9-27)23(29)21(13-18)17-28-10-3-4-11-28/h5-7,12-14,29H,1-4,8-11,15-17H2,(H,26,30). The molecule has 2 heterocycles. The summed E-state index contributed by atoms with van der Waals surface area (Å²) in [6, 6.07) is 11.0. The number of nitrogens with one attached hydrogen (secondary N) is 1. The number of carbonyl (C=O) groups is 1. The number of phenols is 1. The van der Waals surface area contributed by atoms with Gasteiger partial charge in [0.15, 0.2) is 0 Å². The largest absolute Gasteiger partial charge is 0.507 e. The number of phenolic OH excluding ortho intramolecular Hbond substituents is 1. The normalized spacial score (nSPS) is 17.5. The van der Waals surface area contributed by atoms with Gasteiger partial charge < -0.3 is 10.4 Å². The summed E-state index contributed by atoms with van der Waals surface area (Å²) in [5.74, 6) is 0.270. The van der Waals surface area contributed by atoms with Crippen LogP contribution in [0.2, 0.25) is 5.02 Å². The Labute approximate surface area is 183 Å². The molecule has 2 aromatic carbocycles. The Bertz CT molecular complexity index is 851. The van der Waals surface area contributed by atoms with Crippen LogP contribution in [0.25, 0.3) is 0 Å². The maximum Gasteiger partial charge on any atom is 0.251 e.